The van der Waals surface area contributed by atoms with E-state index in [0.717, 1.165) is 6.20 Å². The van der Waals surface area contributed by atoms with Gasteiger partial charge in [-0.3, -0.25) is 10.1 Å². The molecule has 158 valence electrons. The van der Waals surface area contributed by atoms with E-state index in [-0.39, 0.29) is 54.7 Å². The van der Waals surface area contributed by atoms with Crippen LogP contribution in [0.4, 0.5) is 27.8 Å². The van der Waals surface area contributed by atoms with E-state index in [2.05, 4.69) is 25.9 Å². The largest absolute Gasteiger partial charge is 0.405 e. The van der Waals surface area contributed by atoms with Crippen molar-refractivity contribution in [1.29, 1.82) is 0 Å². The maximum absolute atomic E-state index is 14.3. The fourth-order valence-electron chi connectivity index (χ4n) is 3.74. The van der Waals surface area contributed by atoms with Gasteiger partial charge in [-0.1, -0.05) is 0 Å². The number of aromatic nitrogens is 2. The lowest BCUT2D eigenvalue weighted by Gasteiger charge is -2.27. The molecular formula is C17H19F5N6O. The molecule has 4 N–H and O–H groups in total. The first kappa shape index (κ1) is 19.8. The van der Waals surface area contributed by atoms with Gasteiger partial charge in [0.1, 0.15) is 23.7 Å². The van der Waals surface area contributed by atoms with Crippen molar-refractivity contribution in [2.45, 2.75) is 43.1 Å². The topological polar surface area (TPSA) is 91.0 Å². The fourth-order valence-corrected chi connectivity index (χ4v) is 3.74. The van der Waals surface area contributed by atoms with Gasteiger partial charge in [-0.05, 0) is 12.8 Å². The van der Waals surface area contributed by atoms with Crippen LogP contribution in [0.3, 0.4) is 0 Å². The summed E-state index contributed by atoms with van der Waals surface area (Å²) < 4.78 is 65.0. The Balaban J connectivity index is 1.49. The molecule has 12 heteroatoms. The second-order valence-electron chi connectivity index (χ2n) is 7.55. The summed E-state index contributed by atoms with van der Waals surface area (Å²) in [5, 5.41) is 10.6. The summed E-state index contributed by atoms with van der Waals surface area (Å²) in [5.41, 5.74) is -1.32. The van der Waals surface area contributed by atoms with E-state index in [9.17, 15) is 26.7 Å². The molecule has 1 saturated heterocycles. The Morgan fingerprint density at radius 3 is 2.76 bits per heavy atom. The summed E-state index contributed by atoms with van der Waals surface area (Å²) in [5.74, 6) is -2.43. The van der Waals surface area contributed by atoms with E-state index in [0.29, 0.717) is 6.54 Å². The standard InChI is InChI=1S/C17H19F5N6O/c18-8-3-9-10(5-24-12(9)23-4-8)13-25-6-11(19)14(27-13)28-16(1-2-16)15(29)26-7-17(20,21)22/h4,6,9-10,12,23-24H,1-3,5,7H2,(H,26,29)(H,25,27,28). The number of hydrogen-bond acceptors (Lipinski definition) is 6. The van der Waals surface area contributed by atoms with E-state index >= 15 is 0 Å². The molecule has 2 fully saturated rings. The lowest BCUT2D eigenvalue weighted by Crippen LogP contribution is -2.45. The molecule has 4 rings (SSSR count). The van der Waals surface area contributed by atoms with Gasteiger partial charge in [0, 0.05) is 31.0 Å². The Hall–Kier alpha value is -2.50. The van der Waals surface area contributed by atoms with Crippen LogP contribution in [-0.4, -0.2) is 46.8 Å². The second kappa shape index (κ2) is 7.08. The Morgan fingerprint density at radius 2 is 2.07 bits per heavy atom. The van der Waals surface area contributed by atoms with Crippen molar-refractivity contribution in [3.63, 3.8) is 0 Å². The van der Waals surface area contributed by atoms with Gasteiger partial charge in [-0.15, -0.1) is 0 Å². The monoisotopic (exact) mass is 418 g/mol. The Kier molecular flexibility index (Phi) is 4.83. The van der Waals surface area contributed by atoms with E-state index in [4.69, 9.17) is 0 Å². The maximum Gasteiger partial charge on any atom is 0.405 e. The van der Waals surface area contributed by atoms with E-state index in [1.807, 2.05) is 5.32 Å². The van der Waals surface area contributed by atoms with Crippen molar-refractivity contribution in [2.24, 2.45) is 5.92 Å². The number of amides is 1. The molecule has 1 aliphatic carbocycles. The summed E-state index contributed by atoms with van der Waals surface area (Å²) in [4.78, 5) is 20.3. The number of nitrogens with zero attached hydrogens (tertiary/aromatic N) is 2. The number of fused-ring (bicyclic) bond motifs is 1. The molecule has 0 radical (unpaired) electrons. The van der Waals surface area contributed by atoms with Crippen LogP contribution in [0.5, 0.6) is 0 Å². The van der Waals surface area contributed by atoms with Gasteiger partial charge in [0.15, 0.2) is 11.6 Å². The SMILES string of the molecule is O=C(NCC(F)(F)F)C1(Nc2nc(C3CNC4NC=C(F)CC43)ncc2F)CC1. The minimum Gasteiger partial charge on any atom is -0.373 e. The molecule has 2 aliphatic heterocycles. The van der Waals surface area contributed by atoms with E-state index in [1.165, 1.54) is 6.20 Å². The number of allylic oxidation sites excluding steroid dienone is 1. The zero-order valence-corrected chi connectivity index (χ0v) is 15.1. The van der Waals surface area contributed by atoms with Crippen LogP contribution >= 0.6 is 0 Å². The maximum atomic E-state index is 14.3. The van der Waals surface area contributed by atoms with Crippen LogP contribution in [-0.2, 0) is 4.79 Å². The Bertz CT molecular complexity index is 840. The first-order valence-corrected chi connectivity index (χ1v) is 9.16. The van der Waals surface area contributed by atoms with Crippen LogP contribution in [0.15, 0.2) is 18.2 Å². The van der Waals surface area contributed by atoms with Crippen LogP contribution in [0.1, 0.15) is 31.0 Å². The van der Waals surface area contributed by atoms with Crippen molar-refractivity contribution in [1.82, 2.24) is 25.9 Å². The Morgan fingerprint density at radius 1 is 1.31 bits per heavy atom. The highest BCUT2D eigenvalue weighted by Crippen LogP contribution is 2.40. The zero-order valence-electron chi connectivity index (χ0n) is 15.1. The molecule has 1 aromatic rings. The van der Waals surface area contributed by atoms with E-state index in [1.54, 1.807) is 0 Å². The van der Waals surface area contributed by atoms with Crippen LogP contribution in [0.25, 0.3) is 0 Å². The molecule has 1 saturated carbocycles. The third-order valence-electron chi connectivity index (χ3n) is 5.44. The molecule has 3 unspecified atom stereocenters. The van der Waals surface area contributed by atoms with Gasteiger partial charge in [0.05, 0.1) is 12.4 Å². The van der Waals surface area contributed by atoms with Gasteiger partial charge in [0.25, 0.3) is 0 Å². The van der Waals surface area contributed by atoms with Crippen LogP contribution in [0.2, 0.25) is 0 Å². The summed E-state index contributed by atoms with van der Waals surface area (Å²) in [6.07, 6.45) is -1.76. The quantitative estimate of drug-likeness (QED) is 0.544. The smallest absolute Gasteiger partial charge is 0.373 e. The summed E-state index contributed by atoms with van der Waals surface area (Å²) in [7, 11) is 0. The Labute approximate surface area is 162 Å². The van der Waals surface area contributed by atoms with Crippen molar-refractivity contribution in [2.75, 3.05) is 18.4 Å². The van der Waals surface area contributed by atoms with Crippen molar-refractivity contribution >= 4 is 11.7 Å². The lowest BCUT2D eigenvalue weighted by molar-refractivity contribution is -0.139. The minimum absolute atomic E-state index is 0.160. The number of anilines is 1. The molecular weight excluding hydrogens is 399 g/mol. The molecule has 7 nitrogen and oxygen atoms in total. The van der Waals surface area contributed by atoms with Crippen molar-refractivity contribution < 1.29 is 26.7 Å². The molecule has 0 spiro atoms. The molecule has 0 bridgehead atoms. The van der Waals surface area contributed by atoms with Gasteiger partial charge in [0.2, 0.25) is 5.91 Å². The lowest BCUT2D eigenvalue weighted by atomic mass is 9.88. The van der Waals surface area contributed by atoms with Crippen molar-refractivity contribution in [3.8, 4) is 0 Å². The molecule has 29 heavy (non-hydrogen) atoms. The first-order valence-electron chi connectivity index (χ1n) is 9.16. The number of alkyl halides is 3. The van der Waals surface area contributed by atoms with Gasteiger partial charge < -0.3 is 16.0 Å². The van der Waals surface area contributed by atoms with Gasteiger partial charge in [-0.2, -0.15) is 13.2 Å². The van der Waals surface area contributed by atoms with Crippen LogP contribution < -0.4 is 21.3 Å². The normalized spacial score (nSPS) is 27.5. The predicted octanol–water partition coefficient (Wildman–Crippen LogP) is 1.67. The number of nitrogens with one attached hydrogen (secondary N) is 4. The summed E-state index contributed by atoms with van der Waals surface area (Å²) in [6, 6.07) is 0. The highest BCUT2D eigenvalue weighted by Gasteiger charge is 2.51. The number of carbonyl (C=O) groups is 1. The molecule has 1 amide bonds. The van der Waals surface area contributed by atoms with Crippen LogP contribution in [0, 0.1) is 11.7 Å². The molecule has 1 aromatic heterocycles. The first-order chi connectivity index (χ1) is 13.7. The number of halogens is 5. The van der Waals surface area contributed by atoms with Crippen molar-refractivity contribution in [3.05, 3.63) is 29.9 Å². The molecule has 3 aliphatic rings. The summed E-state index contributed by atoms with van der Waals surface area (Å²) >= 11 is 0. The average Bonchev–Trinajstić information content (AvgIpc) is 3.32. The molecule has 3 atom stereocenters. The zero-order chi connectivity index (χ0) is 20.8. The average molecular weight is 418 g/mol. The number of carbonyl (C=O) groups excluding carboxylic acids is 1. The molecule has 0 aromatic carbocycles. The fraction of sp³-hybridized carbons (Fsp3) is 0.588. The summed E-state index contributed by atoms with van der Waals surface area (Å²) in [6.45, 7) is -1.01. The van der Waals surface area contributed by atoms with E-state index < -0.39 is 30.0 Å². The number of hydrogen-bond donors (Lipinski definition) is 4. The predicted molar refractivity (Wildman–Crippen MR) is 91.6 cm³/mol. The highest BCUT2D eigenvalue weighted by atomic mass is 19.4. The van der Waals surface area contributed by atoms with Gasteiger partial charge in [-0.25, -0.2) is 18.7 Å². The third kappa shape index (κ3) is 4.11. The molecule has 3 heterocycles. The minimum atomic E-state index is -4.54. The highest BCUT2D eigenvalue weighted by molar-refractivity contribution is 5.92. The second-order valence-corrected chi connectivity index (χ2v) is 7.55. The number of rotatable bonds is 5. The van der Waals surface area contributed by atoms with Gasteiger partial charge >= 0.3 is 6.18 Å². The third-order valence-corrected chi connectivity index (χ3v) is 5.44.